The van der Waals surface area contributed by atoms with Crippen LogP contribution in [0.2, 0.25) is 0 Å². The Morgan fingerprint density at radius 1 is 1.42 bits per heavy atom. The Hall–Kier alpha value is -0.370. The number of thiazole rings is 1. The fourth-order valence-corrected chi connectivity index (χ4v) is 2.25. The molecule has 0 spiro atoms. The van der Waals surface area contributed by atoms with Crippen molar-refractivity contribution in [2.24, 2.45) is 10.9 Å². The molecular weight excluding hydrogens is 371 g/mol. The lowest BCUT2D eigenvalue weighted by Crippen LogP contribution is -2.37. The molecule has 4 nitrogen and oxygen atoms in total. The number of hydrogen-bond acceptors (Lipinski definition) is 3. The van der Waals surface area contributed by atoms with Gasteiger partial charge in [-0.3, -0.25) is 4.99 Å². The summed E-state index contributed by atoms with van der Waals surface area (Å²) < 4.78 is 0. The summed E-state index contributed by atoms with van der Waals surface area (Å²) in [4.78, 5) is 9.90. The smallest absolute Gasteiger partial charge is 0.191 e. The van der Waals surface area contributed by atoms with Crippen LogP contribution < -0.4 is 10.6 Å². The number of aryl methyl sites for hydroxylation is 1. The molecule has 6 heteroatoms. The third-order valence-corrected chi connectivity index (χ3v) is 3.74. The van der Waals surface area contributed by atoms with Crippen LogP contribution in [-0.2, 0) is 13.0 Å². The molecule has 1 aromatic rings. The maximum Gasteiger partial charge on any atom is 0.191 e. The Balaban J connectivity index is 0.00000324. The molecule has 0 atom stereocenters. The molecule has 0 saturated carbocycles. The lowest BCUT2D eigenvalue weighted by molar-refractivity contribution is 0.573. The third kappa shape index (κ3) is 7.71. The Morgan fingerprint density at radius 3 is 2.68 bits per heavy atom. The van der Waals surface area contributed by atoms with E-state index in [0.717, 1.165) is 36.9 Å². The second-order valence-electron chi connectivity index (χ2n) is 4.61. The molecule has 2 N–H and O–H groups in total. The maximum absolute atomic E-state index is 4.38. The SMILES string of the molecule is CCc1cnc(CNC(=NC)NCCC(C)C)s1.I. The van der Waals surface area contributed by atoms with E-state index in [1.807, 2.05) is 6.20 Å². The topological polar surface area (TPSA) is 49.3 Å². The van der Waals surface area contributed by atoms with Crippen molar-refractivity contribution in [2.75, 3.05) is 13.6 Å². The van der Waals surface area contributed by atoms with Crippen molar-refractivity contribution in [3.05, 3.63) is 16.1 Å². The highest BCUT2D eigenvalue weighted by Crippen LogP contribution is 2.12. The summed E-state index contributed by atoms with van der Waals surface area (Å²) in [5.74, 6) is 1.56. The summed E-state index contributed by atoms with van der Waals surface area (Å²) in [5.41, 5.74) is 0. The molecule has 0 aliphatic heterocycles. The third-order valence-electron chi connectivity index (χ3n) is 2.59. The quantitative estimate of drug-likeness (QED) is 0.442. The molecule has 110 valence electrons. The number of nitrogens with zero attached hydrogens (tertiary/aromatic N) is 2. The zero-order valence-corrected chi connectivity index (χ0v) is 15.3. The minimum absolute atomic E-state index is 0. The van der Waals surface area contributed by atoms with Gasteiger partial charge in [0.05, 0.1) is 6.54 Å². The molecule has 1 rings (SSSR count). The number of hydrogen-bond donors (Lipinski definition) is 2. The van der Waals surface area contributed by atoms with Gasteiger partial charge in [-0.1, -0.05) is 20.8 Å². The zero-order chi connectivity index (χ0) is 13.4. The van der Waals surface area contributed by atoms with Crippen molar-refractivity contribution < 1.29 is 0 Å². The van der Waals surface area contributed by atoms with Crippen LogP contribution in [0.1, 0.15) is 37.1 Å². The van der Waals surface area contributed by atoms with Gasteiger partial charge in [0.2, 0.25) is 0 Å². The normalized spacial score (nSPS) is 11.3. The summed E-state index contributed by atoms with van der Waals surface area (Å²) in [6.45, 7) is 8.29. The fraction of sp³-hybridized carbons (Fsp3) is 0.692. The zero-order valence-electron chi connectivity index (χ0n) is 12.2. The van der Waals surface area contributed by atoms with Crippen molar-refractivity contribution in [3.63, 3.8) is 0 Å². The van der Waals surface area contributed by atoms with E-state index in [4.69, 9.17) is 0 Å². The van der Waals surface area contributed by atoms with Crippen LogP contribution in [0, 0.1) is 5.92 Å². The number of aromatic nitrogens is 1. The van der Waals surface area contributed by atoms with E-state index in [0.29, 0.717) is 5.92 Å². The van der Waals surface area contributed by atoms with Gasteiger partial charge in [-0.2, -0.15) is 0 Å². The van der Waals surface area contributed by atoms with Gasteiger partial charge in [0, 0.05) is 24.7 Å². The second kappa shape index (κ2) is 10.4. The van der Waals surface area contributed by atoms with Gasteiger partial charge in [0.1, 0.15) is 5.01 Å². The predicted octanol–water partition coefficient (Wildman–Crippen LogP) is 3.03. The van der Waals surface area contributed by atoms with Crippen LogP contribution in [0.4, 0.5) is 0 Å². The molecule has 0 bridgehead atoms. The molecule has 0 aromatic carbocycles. The van der Waals surface area contributed by atoms with Gasteiger partial charge in [-0.05, 0) is 18.8 Å². The van der Waals surface area contributed by atoms with Crippen molar-refractivity contribution in [1.82, 2.24) is 15.6 Å². The van der Waals surface area contributed by atoms with Gasteiger partial charge < -0.3 is 10.6 Å². The molecule has 0 saturated heterocycles. The first-order chi connectivity index (χ1) is 8.65. The van der Waals surface area contributed by atoms with Crippen molar-refractivity contribution in [2.45, 2.75) is 40.2 Å². The van der Waals surface area contributed by atoms with E-state index in [1.54, 1.807) is 18.4 Å². The molecule has 0 unspecified atom stereocenters. The summed E-state index contributed by atoms with van der Waals surface area (Å²) >= 11 is 1.76. The molecule has 0 radical (unpaired) electrons. The molecule has 1 heterocycles. The molecule has 1 aromatic heterocycles. The average molecular weight is 396 g/mol. The van der Waals surface area contributed by atoms with Gasteiger partial charge in [0.15, 0.2) is 5.96 Å². The number of nitrogens with one attached hydrogen (secondary N) is 2. The number of rotatable bonds is 6. The van der Waals surface area contributed by atoms with Gasteiger partial charge in [-0.15, -0.1) is 35.3 Å². The van der Waals surface area contributed by atoms with E-state index < -0.39 is 0 Å². The van der Waals surface area contributed by atoms with E-state index >= 15 is 0 Å². The first-order valence-corrected chi connectivity index (χ1v) is 7.35. The van der Waals surface area contributed by atoms with Crippen LogP contribution in [0.5, 0.6) is 0 Å². The maximum atomic E-state index is 4.38. The lowest BCUT2D eigenvalue weighted by atomic mass is 10.1. The van der Waals surface area contributed by atoms with Crippen molar-refractivity contribution in [1.29, 1.82) is 0 Å². The molecule has 0 aliphatic rings. The van der Waals surface area contributed by atoms with Crippen LogP contribution in [0.3, 0.4) is 0 Å². The highest BCUT2D eigenvalue weighted by atomic mass is 127. The molecule has 19 heavy (non-hydrogen) atoms. The standard InChI is InChI=1S/C13H24N4S.HI/c1-5-11-8-16-12(18-11)9-17-13(14-4)15-7-6-10(2)3;/h8,10H,5-7,9H2,1-4H3,(H2,14,15,17);1H. The van der Waals surface area contributed by atoms with Gasteiger partial charge in [-0.25, -0.2) is 4.98 Å². The number of halogens is 1. The van der Waals surface area contributed by atoms with Gasteiger partial charge in [0.25, 0.3) is 0 Å². The lowest BCUT2D eigenvalue weighted by Gasteiger charge is -2.11. The monoisotopic (exact) mass is 396 g/mol. The van der Waals surface area contributed by atoms with E-state index in [1.165, 1.54) is 4.88 Å². The number of guanidine groups is 1. The van der Waals surface area contributed by atoms with Crippen molar-refractivity contribution >= 4 is 41.3 Å². The largest absolute Gasteiger partial charge is 0.356 e. The Bertz CT molecular complexity index is 376. The first-order valence-electron chi connectivity index (χ1n) is 6.53. The molecule has 0 fully saturated rings. The van der Waals surface area contributed by atoms with Crippen LogP contribution in [-0.4, -0.2) is 24.5 Å². The van der Waals surface area contributed by atoms with E-state index in [9.17, 15) is 0 Å². The molecule has 0 amide bonds. The van der Waals surface area contributed by atoms with Crippen molar-refractivity contribution in [3.8, 4) is 0 Å². The van der Waals surface area contributed by atoms with Gasteiger partial charge >= 0.3 is 0 Å². The van der Waals surface area contributed by atoms with E-state index in [2.05, 4.69) is 41.4 Å². The summed E-state index contributed by atoms with van der Waals surface area (Å²) in [7, 11) is 1.80. The summed E-state index contributed by atoms with van der Waals surface area (Å²) in [5, 5.41) is 7.70. The second-order valence-corrected chi connectivity index (χ2v) is 5.81. The Kier molecular flexibility index (Phi) is 10.2. The Labute approximate surface area is 137 Å². The summed E-state index contributed by atoms with van der Waals surface area (Å²) in [6.07, 6.45) is 4.16. The van der Waals surface area contributed by atoms with Crippen LogP contribution in [0.15, 0.2) is 11.2 Å². The molecule has 0 aliphatic carbocycles. The predicted molar refractivity (Wildman–Crippen MR) is 94.6 cm³/mol. The first kappa shape index (κ1) is 18.6. The van der Waals surface area contributed by atoms with E-state index in [-0.39, 0.29) is 24.0 Å². The minimum atomic E-state index is 0. The van der Waals surface area contributed by atoms with Crippen LogP contribution >= 0.6 is 35.3 Å². The number of aliphatic imine (C=N–C) groups is 1. The van der Waals surface area contributed by atoms with Crippen LogP contribution in [0.25, 0.3) is 0 Å². The fourth-order valence-electron chi connectivity index (χ4n) is 1.45. The Morgan fingerprint density at radius 2 is 2.16 bits per heavy atom. The highest BCUT2D eigenvalue weighted by molar-refractivity contribution is 14.0. The highest BCUT2D eigenvalue weighted by Gasteiger charge is 2.02. The minimum Gasteiger partial charge on any atom is -0.356 e. The molecular formula is C13H25IN4S. The summed E-state index contributed by atoms with van der Waals surface area (Å²) in [6, 6.07) is 0. The average Bonchev–Trinajstić information content (AvgIpc) is 2.81.